The third kappa shape index (κ3) is 6.22. The van der Waals surface area contributed by atoms with Crippen LogP contribution in [0.2, 0.25) is 5.02 Å². The molecule has 120 valence electrons. The van der Waals surface area contributed by atoms with Gasteiger partial charge < -0.3 is 19.7 Å². The third-order valence-corrected chi connectivity index (χ3v) is 3.65. The molecule has 0 fully saturated rings. The molecule has 0 atom stereocenters. The number of methoxy groups -OCH3 is 2. The van der Waals surface area contributed by atoms with Crippen LogP contribution in [0, 0.1) is 0 Å². The number of hydrogen-bond donors (Lipinski definition) is 1. The van der Waals surface area contributed by atoms with Crippen molar-refractivity contribution in [3.63, 3.8) is 0 Å². The number of nitrogens with one attached hydrogen (secondary N) is 1. The maximum absolute atomic E-state index is 6.39. The fourth-order valence-corrected chi connectivity index (χ4v) is 2.40. The average Bonchev–Trinajstić information content (AvgIpc) is 2.49. The number of nitrogens with zero attached hydrogens (tertiary/aromatic N) is 1. The summed E-state index contributed by atoms with van der Waals surface area (Å²) in [7, 11) is 3.44. The lowest BCUT2D eigenvalue weighted by atomic mass is 10.1. The van der Waals surface area contributed by atoms with E-state index in [9.17, 15) is 0 Å². The van der Waals surface area contributed by atoms with Crippen molar-refractivity contribution in [2.75, 3.05) is 52.0 Å². The van der Waals surface area contributed by atoms with Crippen LogP contribution in [0.4, 0.5) is 5.69 Å². The summed E-state index contributed by atoms with van der Waals surface area (Å²) in [5.74, 6) is 0. The van der Waals surface area contributed by atoms with Gasteiger partial charge in [0.15, 0.2) is 0 Å². The fourth-order valence-electron chi connectivity index (χ4n) is 2.16. The molecule has 0 heterocycles. The van der Waals surface area contributed by atoms with E-state index in [4.69, 9.17) is 21.1 Å². The van der Waals surface area contributed by atoms with Crippen molar-refractivity contribution in [2.24, 2.45) is 0 Å². The Morgan fingerprint density at radius 1 is 1.14 bits per heavy atom. The topological polar surface area (TPSA) is 33.7 Å². The number of ether oxygens (including phenoxy) is 2. The molecule has 21 heavy (non-hydrogen) atoms. The second kappa shape index (κ2) is 10.9. The molecule has 0 aromatic heterocycles. The Hall–Kier alpha value is -0.810. The highest BCUT2D eigenvalue weighted by Crippen LogP contribution is 2.27. The first-order valence-electron chi connectivity index (χ1n) is 7.45. The van der Waals surface area contributed by atoms with Gasteiger partial charge in [-0.05, 0) is 25.1 Å². The van der Waals surface area contributed by atoms with Gasteiger partial charge in [-0.3, -0.25) is 0 Å². The number of hydrogen-bond acceptors (Lipinski definition) is 4. The van der Waals surface area contributed by atoms with Gasteiger partial charge >= 0.3 is 0 Å². The van der Waals surface area contributed by atoms with E-state index in [1.807, 2.05) is 12.1 Å². The van der Waals surface area contributed by atoms with E-state index in [1.54, 1.807) is 14.2 Å². The normalized spacial score (nSPS) is 10.9. The molecule has 1 aromatic carbocycles. The number of benzene rings is 1. The van der Waals surface area contributed by atoms with E-state index < -0.39 is 0 Å². The Bertz CT molecular complexity index is 394. The summed E-state index contributed by atoms with van der Waals surface area (Å²) in [6, 6.07) is 6.05. The maximum Gasteiger partial charge on any atom is 0.0637 e. The second-order valence-electron chi connectivity index (χ2n) is 4.89. The summed E-state index contributed by atoms with van der Waals surface area (Å²) in [5, 5.41) is 4.23. The van der Waals surface area contributed by atoms with Crippen LogP contribution < -0.4 is 10.2 Å². The van der Waals surface area contributed by atoms with Gasteiger partial charge in [0.2, 0.25) is 0 Å². The number of rotatable bonds is 11. The Morgan fingerprint density at radius 3 is 2.38 bits per heavy atom. The van der Waals surface area contributed by atoms with Crippen LogP contribution in [0.1, 0.15) is 18.9 Å². The molecule has 1 N–H and O–H groups in total. The summed E-state index contributed by atoms with van der Waals surface area (Å²) in [5.41, 5.74) is 2.29. The predicted octanol–water partition coefficient (Wildman–Crippen LogP) is 2.94. The van der Waals surface area contributed by atoms with Crippen molar-refractivity contribution in [1.82, 2.24) is 5.32 Å². The molecule has 0 aliphatic rings. The zero-order chi connectivity index (χ0) is 15.5. The lowest BCUT2D eigenvalue weighted by molar-refractivity contribution is 0.190. The Morgan fingerprint density at radius 2 is 1.81 bits per heavy atom. The van der Waals surface area contributed by atoms with Crippen molar-refractivity contribution in [3.8, 4) is 0 Å². The standard InChI is InChI=1S/C16H27ClN2O2/c1-4-8-18-13-14-15(17)6-5-7-16(14)19(9-11-20-2)10-12-21-3/h5-7,18H,4,8-13H2,1-3H3. The minimum Gasteiger partial charge on any atom is -0.383 e. The lowest BCUT2D eigenvalue weighted by Gasteiger charge is -2.27. The van der Waals surface area contributed by atoms with Crippen LogP contribution in [-0.4, -0.2) is 47.1 Å². The lowest BCUT2D eigenvalue weighted by Crippen LogP contribution is -2.32. The smallest absolute Gasteiger partial charge is 0.0637 e. The van der Waals surface area contributed by atoms with E-state index in [0.29, 0.717) is 13.2 Å². The van der Waals surface area contributed by atoms with Crippen molar-refractivity contribution < 1.29 is 9.47 Å². The highest BCUT2D eigenvalue weighted by molar-refractivity contribution is 6.31. The van der Waals surface area contributed by atoms with Gasteiger partial charge in [-0.15, -0.1) is 0 Å². The van der Waals surface area contributed by atoms with E-state index >= 15 is 0 Å². The summed E-state index contributed by atoms with van der Waals surface area (Å²) in [6.45, 7) is 6.92. The molecule has 0 amide bonds. The molecule has 0 unspecified atom stereocenters. The Kier molecular flexibility index (Phi) is 9.42. The van der Waals surface area contributed by atoms with Gasteiger partial charge in [0.25, 0.3) is 0 Å². The van der Waals surface area contributed by atoms with E-state index in [0.717, 1.165) is 48.9 Å². The van der Waals surface area contributed by atoms with Crippen molar-refractivity contribution in [2.45, 2.75) is 19.9 Å². The van der Waals surface area contributed by atoms with Crippen molar-refractivity contribution >= 4 is 17.3 Å². The van der Waals surface area contributed by atoms with Gasteiger partial charge in [-0.1, -0.05) is 24.6 Å². The minimum absolute atomic E-state index is 0.679. The Labute approximate surface area is 133 Å². The van der Waals surface area contributed by atoms with Gasteiger partial charge in [-0.25, -0.2) is 0 Å². The van der Waals surface area contributed by atoms with Crippen molar-refractivity contribution in [1.29, 1.82) is 0 Å². The van der Waals surface area contributed by atoms with Crippen LogP contribution in [-0.2, 0) is 16.0 Å². The molecule has 0 saturated heterocycles. The van der Waals surface area contributed by atoms with Gasteiger partial charge in [0, 0.05) is 50.1 Å². The molecule has 0 aliphatic carbocycles. The molecule has 5 heteroatoms. The highest BCUT2D eigenvalue weighted by Gasteiger charge is 2.13. The molecule has 0 radical (unpaired) electrons. The van der Waals surface area contributed by atoms with Crippen molar-refractivity contribution in [3.05, 3.63) is 28.8 Å². The monoisotopic (exact) mass is 314 g/mol. The summed E-state index contributed by atoms with van der Waals surface area (Å²) >= 11 is 6.39. The van der Waals surface area contributed by atoms with E-state index in [1.165, 1.54) is 0 Å². The molecular weight excluding hydrogens is 288 g/mol. The summed E-state index contributed by atoms with van der Waals surface area (Å²) in [4.78, 5) is 2.27. The van der Waals surface area contributed by atoms with Gasteiger partial charge in [0.1, 0.15) is 0 Å². The second-order valence-corrected chi connectivity index (χ2v) is 5.29. The van der Waals surface area contributed by atoms with Crippen LogP contribution >= 0.6 is 11.6 Å². The molecule has 4 nitrogen and oxygen atoms in total. The molecule has 1 rings (SSSR count). The van der Waals surface area contributed by atoms with Gasteiger partial charge in [-0.2, -0.15) is 0 Å². The first-order valence-corrected chi connectivity index (χ1v) is 7.83. The molecule has 0 aliphatic heterocycles. The quantitative estimate of drug-likeness (QED) is 0.637. The van der Waals surface area contributed by atoms with Crippen LogP contribution in [0.25, 0.3) is 0 Å². The Balaban J connectivity index is 2.90. The fraction of sp³-hybridized carbons (Fsp3) is 0.625. The van der Waals surface area contributed by atoms with E-state index in [-0.39, 0.29) is 0 Å². The van der Waals surface area contributed by atoms with Crippen LogP contribution in [0.5, 0.6) is 0 Å². The predicted molar refractivity (Wildman–Crippen MR) is 89.4 cm³/mol. The first kappa shape index (κ1) is 18.2. The molecule has 1 aromatic rings. The summed E-state index contributed by atoms with van der Waals surface area (Å²) < 4.78 is 10.4. The molecule has 0 bridgehead atoms. The zero-order valence-corrected chi connectivity index (χ0v) is 14.1. The number of halogens is 1. The average molecular weight is 315 g/mol. The zero-order valence-electron chi connectivity index (χ0n) is 13.3. The minimum atomic E-state index is 0.679. The SMILES string of the molecule is CCCNCc1c(Cl)cccc1N(CCOC)CCOC. The molecular formula is C16H27ClN2O2. The van der Waals surface area contributed by atoms with Gasteiger partial charge in [0.05, 0.1) is 13.2 Å². The molecule has 0 saturated carbocycles. The number of anilines is 1. The maximum atomic E-state index is 6.39. The highest BCUT2D eigenvalue weighted by atomic mass is 35.5. The van der Waals surface area contributed by atoms with E-state index in [2.05, 4.69) is 23.2 Å². The van der Waals surface area contributed by atoms with Crippen LogP contribution in [0.15, 0.2) is 18.2 Å². The summed E-state index contributed by atoms with van der Waals surface area (Å²) in [6.07, 6.45) is 1.11. The van der Waals surface area contributed by atoms with Crippen LogP contribution in [0.3, 0.4) is 0 Å². The third-order valence-electron chi connectivity index (χ3n) is 3.29. The first-order chi connectivity index (χ1) is 10.2. The largest absolute Gasteiger partial charge is 0.383 e. The molecule has 0 spiro atoms.